The van der Waals surface area contributed by atoms with Crippen LogP contribution in [0, 0.1) is 15.9 Å². The Bertz CT molecular complexity index is 1170. The van der Waals surface area contributed by atoms with Crippen LogP contribution in [0.15, 0.2) is 65.6 Å². The average molecular weight is 432 g/mol. The Balaban J connectivity index is 1.64. The first-order valence-electron chi connectivity index (χ1n) is 8.64. The first-order valence-corrected chi connectivity index (χ1v) is 9.02. The van der Waals surface area contributed by atoms with Gasteiger partial charge in [0.05, 0.1) is 17.2 Å². The van der Waals surface area contributed by atoms with Crippen LogP contribution in [0.25, 0.3) is 0 Å². The minimum absolute atomic E-state index is 0.0306. The number of rotatable bonds is 7. The topological polar surface area (TPSA) is 103 Å². The van der Waals surface area contributed by atoms with Gasteiger partial charge in [-0.15, -0.1) is 0 Å². The SMILES string of the molecule is O=C(COc1ccc([N+](=O)[O-])c(F)c1)Nc1ccc(=O)n(Cc2ccccc2Cl)c1. The van der Waals surface area contributed by atoms with E-state index < -0.39 is 28.9 Å². The van der Waals surface area contributed by atoms with Crippen molar-refractivity contribution in [1.29, 1.82) is 0 Å². The molecular weight excluding hydrogens is 417 g/mol. The Labute approximate surface area is 174 Å². The predicted molar refractivity (Wildman–Crippen MR) is 108 cm³/mol. The van der Waals surface area contributed by atoms with E-state index in [-0.39, 0.29) is 17.9 Å². The van der Waals surface area contributed by atoms with Crippen LogP contribution in [-0.2, 0) is 11.3 Å². The molecule has 0 saturated heterocycles. The smallest absolute Gasteiger partial charge is 0.305 e. The van der Waals surface area contributed by atoms with Crippen molar-refractivity contribution >= 4 is 28.9 Å². The summed E-state index contributed by atoms with van der Waals surface area (Å²) in [5.41, 5.74) is 0.136. The van der Waals surface area contributed by atoms with Gasteiger partial charge < -0.3 is 14.6 Å². The number of hydrogen-bond donors (Lipinski definition) is 1. The average Bonchev–Trinajstić information content (AvgIpc) is 2.70. The van der Waals surface area contributed by atoms with Crippen LogP contribution in [0.3, 0.4) is 0 Å². The van der Waals surface area contributed by atoms with Gasteiger partial charge in [-0.25, -0.2) is 0 Å². The molecule has 0 unspecified atom stereocenters. The number of carbonyl (C=O) groups excluding carboxylic acids is 1. The highest BCUT2D eigenvalue weighted by Gasteiger charge is 2.15. The molecule has 1 N–H and O–H groups in total. The number of hydrogen-bond acceptors (Lipinski definition) is 5. The summed E-state index contributed by atoms with van der Waals surface area (Å²) < 4.78 is 20.2. The Morgan fingerprint density at radius 3 is 2.67 bits per heavy atom. The quantitative estimate of drug-likeness (QED) is 0.454. The predicted octanol–water partition coefficient (Wildman–Crippen LogP) is 3.61. The summed E-state index contributed by atoms with van der Waals surface area (Å²) in [5.74, 6) is -1.65. The number of ether oxygens (including phenoxy) is 1. The lowest BCUT2D eigenvalue weighted by molar-refractivity contribution is -0.387. The molecule has 0 radical (unpaired) electrons. The molecule has 10 heteroatoms. The van der Waals surface area contributed by atoms with E-state index in [9.17, 15) is 24.1 Å². The Kier molecular flexibility index (Phi) is 6.43. The number of pyridine rings is 1. The molecule has 3 aromatic rings. The van der Waals surface area contributed by atoms with Gasteiger partial charge in [-0.2, -0.15) is 4.39 Å². The second kappa shape index (κ2) is 9.19. The van der Waals surface area contributed by atoms with Gasteiger partial charge in [0.15, 0.2) is 6.61 Å². The number of anilines is 1. The number of nitro groups is 1. The van der Waals surface area contributed by atoms with Gasteiger partial charge >= 0.3 is 5.69 Å². The van der Waals surface area contributed by atoms with Crippen molar-refractivity contribution in [1.82, 2.24) is 4.57 Å². The standard InChI is InChI=1S/C20H15ClFN3O5/c21-16-4-2-1-3-13(16)10-24-11-14(5-8-20(24)27)23-19(26)12-30-15-6-7-18(25(28)29)17(22)9-15/h1-9,11H,10,12H2,(H,23,26). The Morgan fingerprint density at radius 2 is 1.97 bits per heavy atom. The number of halogens is 2. The number of benzene rings is 2. The van der Waals surface area contributed by atoms with Crippen molar-refractivity contribution in [2.45, 2.75) is 6.54 Å². The van der Waals surface area contributed by atoms with E-state index in [0.29, 0.717) is 10.7 Å². The van der Waals surface area contributed by atoms with Crippen molar-refractivity contribution in [3.05, 3.63) is 97.7 Å². The summed E-state index contributed by atoms with van der Waals surface area (Å²) in [5, 5.41) is 13.7. The van der Waals surface area contributed by atoms with Crippen LogP contribution in [0.5, 0.6) is 5.75 Å². The third kappa shape index (κ3) is 5.21. The van der Waals surface area contributed by atoms with Crippen molar-refractivity contribution in [3.8, 4) is 5.75 Å². The summed E-state index contributed by atoms with van der Waals surface area (Å²) in [6.07, 6.45) is 1.47. The van der Waals surface area contributed by atoms with Crippen LogP contribution in [0.4, 0.5) is 15.8 Å². The first kappa shape index (κ1) is 21.0. The van der Waals surface area contributed by atoms with E-state index in [1.54, 1.807) is 24.3 Å². The van der Waals surface area contributed by atoms with E-state index in [1.165, 1.54) is 29.0 Å². The highest BCUT2D eigenvalue weighted by molar-refractivity contribution is 6.31. The van der Waals surface area contributed by atoms with E-state index >= 15 is 0 Å². The molecule has 3 rings (SSSR count). The van der Waals surface area contributed by atoms with E-state index in [0.717, 1.165) is 17.7 Å². The zero-order chi connectivity index (χ0) is 21.7. The summed E-state index contributed by atoms with van der Waals surface area (Å²) >= 11 is 6.12. The first-order chi connectivity index (χ1) is 14.3. The van der Waals surface area contributed by atoms with E-state index in [1.807, 2.05) is 0 Å². The van der Waals surface area contributed by atoms with Crippen molar-refractivity contribution in [3.63, 3.8) is 0 Å². The van der Waals surface area contributed by atoms with Gasteiger partial charge in [-0.05, 0) is 23.8 Å². The Hall–Kier alpha value is -3.72. The van der Waals surface area contributed by atoms with Crippen LogP contribution in [-0.4, -0.2) is 22.0 Å². The lowest BCUT2D eigenvalue weighted by atomic mass is 10.2. The third-order valence-corrected chi connectivity index (χ3v) is 4.42. The van der Waals surface area contributed by atoms with E-state index in [4.69, 9.17) is 16.3 Å². The van der Waals surface area contributed by atoms with Gasteiger partial charge in [-0.3, -0.25) is 19.7 Å². The lowest BCUT2D eigenvalue weighted by Crippen LogP contribution is -2.23. The largest absolute Gasteiger partial charge is 0.484 e. The molecule has 1 heterocycles. The van der Waals surface area contributed by atoms with E-state index in [2.05, 4.69) is 5.32 Å². The normalized spacial score (nSPS) is 10.5. The molecule has 0 spiro atoms. The summed E-state index contributed by atoms with van der Waals surface area (Å²) in [6.45, 7) is -0.234. The molecule has 154 valence electrons. The lowest BCUT2D eigenvalue weighted by Gasteiger charge is -2.11. The van der Waals surface area contributed by atoms with Gasteiger partial charge in [0, 0.05) is 29.4 Å². The monoisotopic (exact) mass is 431 g/mol. The highest BCUT2D eigenvalue weighted by Crippen LogP contribution is 2.22. The summed E-state index contributed by atoms with van der Waals surface area (Å²) in [6, 6.07) is 12.8. The third-order valence-electron chi connectivity index (χ3n) is 4.05. The van der Waals surface area contributed by atoms with Crippen molar-refractivity contribution in [2.75, 3.05) is 11.9 Å². The second-order valence-electron chi connectivity index (χ2n) is 6.18. The Morgan fingerprint density at radius 1 is 1.20 bits per heavy atom. The molecule has 0 fully saturated rings. The van der Waals surface area contributed by atoms with Crippen LogP contribution >= 0.6 is 11.6 Å². The molecule has 0 saturated carbocycles. The van der Waals surface area contributed by atoms with Gasteiger partial charge in [-0.1, -0.05) is 29.8 Å². The second-order valence-corrected chi connectivity index (χ2v) is 6.59. The van der Waals surface area contributed by atoms with Crippen LogP contribution in [0.1, 0.15) is 5.56 Å². The number of nitrogens with one attached hydrogen (secondary N) is 1. The molecule has 0 aliphatic heterocycles. The molecule has 2 aromatic carbocycles. The number of aromatic nitrogens is 1. The maximum Gasteiger partial charge on any atom is 0.305 e. The van der Waals surface area contributed by atoms with Crippen molar-refractivity contribution in [2.24, 2.45) is 0 Å². The fraction of sp³-hybridized carbons (Fsp3) is 0.100. The number of amides is 1. The van der Waals surface area contributed by atoms with Crippen LogP contribution < -0.4 is 15.6 Å². The molecular formula is C20H15ClFN3O5. The fourth-order valence-corrected chi connectivity index (χ4v) is 2.81. The summed E-state index contributed by atoms with van der Waals surface area (Å²) in [7, 11) is 0. The zero-order valence-corrected chi connectivity index (χ0v) is 16.1. The summed E-state index contributed by atoms with van der Waals surface area (Å²) in [4.78, 5) is 34.0. The maximum absolute atomic E-state index is 13.6. The van der Waals surface area contributed by atoms with Crippen LogP contribution in [0.2, 0.25) is 5.02 Å². The molecule has 30 heavy (non-hydrogen) atoms. The maximum atomic E-state index is 13.6. The number of nitrogens with zero attached hydrogens (tertiary/aromatic N) is 2. The number of carbonyl (C=O) groups is 1. The van der Waals surface area contributed by atoms with Gasteiger partial charge in [0.2, 0.25) is 5.82 Å². The molecule has 0 aliphatic rings. The van der Waals surface area contributed by atoms with Gasteiger partial charge in [0.1, 0.15) is 5.75 Å². The molecule has 8 nitrogen and oxygen atoms in total. The molecule has 0 bridgehead atoms. The molecule has 1 amide bonds. The number of nitro benzene ring substituents is 1. The minimum Gasteiger partial charge on any atom is -0.484 e. The molecule has 0 atom stereocenters. The highest BCUT2D eigenvalue weighted by atomic mass is 35.5. The fourth-order valence-electron chi connectivity index (χ4n) is 2.61. The zero-order valence-electron chi connectivity index (χ0n) is 15.4. The minimum atomic E-state index is -1.07. The molecule has 0 aliphatic carbocycles. The van der Waals surface area contributed by atoms with Crippen molar-refractivity contribution < 1.29 is 18.8 Å². The molecule has 1 aromatic heterocycles. The van der Waals surface area contributed by atoms with Gasteiger partial charge in [0.25, 0.3) is 11.5 Å².